The number of hydrogen-bond acceptors (Lipinski definition) is 1. The molecule has 2 N–H and O–H groups in total. The van der Waals surface area contributed by atoms with Crippen LogP contribution in [0.4, 0.5) is 0 Å². The van der Waals surface area contributed by atoms with Crippen molar-refractivity contribution in [2.75, 3.05) is 0 Å². The van der Waals surface area contributed by atoms with Crippen LogP contribution in [0, 0.1) is 11.8 Å². The van der Waals surface area contributed by atoms with Crippen molar-refractivity contribution >= 4 is 0 Å². The van der Waals surface area contributed by atoms with Gasteiger partial charge in [0.25, 0.3) is 0 Å². The molecule has 1 aliphatic carbocycles. The minimum absolute atomic E-state index is 0.197. The summed E-state index contributed by atoms with van der Waals surface area (Å²) < 4.78 is 0. The fourth-order valence-corrected chi connectivity index (χ4v) is 0.874. The van der Waals surface area contributed by atoms with Crippen LogP contribution in [0.15, 0.2) is 23.8 Å². The van der Waals surface area contributed by atoms with Crippen molar-refractivity contribution in [2.24, 2.45) is 5.73 Å². The molecule has 52 valence electrons. The van der Waals surface area contributed by atoms with Gasteiger partial charge in [-0.15, -0.1) is 5.92 Å². The van der Waals surface area contributed by atoms with Gasteiger partial charge >= 0.3 is 0 Å². The third kappa shape index (κ3) is 1.75. The average Bonchev–Trinajstić information content (AvgIpc) is 1.95. The second-order valence-electron chi connectivity index (χ2n) is 2.29. The summed E-state index contributed by atoms with van der Waals surface area (Å²) >= 11 is 0. The third-order valence-electron chi connectivity index (χ3n) is 1.40. The van der Waals surface area contributed by atoms with E-state index in [0.29, 0.717) is 0 Å². The molecule has 0 amide bonds. The predicted molar refractivity (Wildman–Crippen MR) is 43.3 cm³/mol. The number of rotatable bonds is 0. The Hall–Kier alpha value is -1.00. The first-order valence-electron chi connectivity index (χ1n) is 3.39. The second kappa shape index (κ2) is 3.24. The van der Waals surface area contributed by atoms with Gasteiger partial charge in [0.05, 0.1) is 0 Å². The molecular weight excluding hydrogens is 122 g/mol. The molecule has 0 radical (unpaired) electrons. The summed E-state index contributed by atoms with van der Waals surface area (Å²) in [5.41, 5.74) is 6.70. The first-order chi connectivity index (χ1) is 4.83. The van der Waals surface area contributed by atoms with Crippen LogP contribution in [0.1, 0.15) is 13.3 Å². The molecule has 0 fully saturated rings. The summed E-state index contributed by atoms with van der Waals surface area (Å²) in [4.78, 5) is 0. The molecule has 1 heteroatoms. The van der Waals surface area contributed by atoms with Gasteiger partial charge in [-0.05, 0) is 19.4 Å². The highest BCUT2D eigenvalue weighted by Gasteiger charge is 1.99. The van der Waals surface area contributed by atoms with E-state index in [9.17, 15) is 0 Å². The van der Waals surface area contributed by atoms with E-state index in [2.05, 4.69) is 17.9 Å². The van der Waals surface area contributed by atoms with Crippen molar-refractivity contribution < 1.29 is 0 Å². The molecule has 0 aromatic rings. The van der Waals surface area contributed by atoms with Gasteiger partial charge in [0.15, 0.2) is 0 Å². The van der Waals surface area contributed by atoms with E-state index < -0.39 is 0 Å². The Morgan fingerprint density at radius 2 is 2.50 bits per heavy atom. The van der Waals surface area contributed by atoms with Crippen molar-refractivity contribution in [3.05, 3.63) is 23.8 Å². The van der Waals surface area contributed by atoms with Gasteiger partial charge in [0, 0.05) is 11.6 Å². The highest BCUT2D eigenvalue weighted by atomic mass is 14.6. The first kappa shape index (κ1) is 7.11. The number of nitrogens with two attached hydrogens (primary N) is 1. The quantitative estimate of drug-likeness (QED) is 0.494. The van der Waals surface area contributed by atoms with Crippen LogP contribution in [0.5, 0.6) is 0 Å². The molecule has 1 atom stereocenters. The van der Waals surface area contributed by atoms with Crippen LogP contribution >= 0.6 is 0 Å². The summed E-state index contributed by atoms with van der Waals surface area (Å²) in [5.74, 6) is 5.82. The Morgan fingerprint density at radius 1 is 1.70 bits per heavy atom. The standard InChI is InChI=1S/C9H11N/c1-2-3-8-4-6-9(10)7-5-8/h4-6,9H,7,10H2,1H3. The molecule has 1 rings (SSSR count). The maximum atomic E-state index is 5.61. The van der Waals surface area contributed by atoms with Crippen LogP contribution in [0.25, 0.3) is 0 Å². The minimum atomic E-state index is 0.197. The van der Waals surface area contributed by atoms with E-state index in [1.807, 2.05) is 19.1 Å². The van der Waals surface area contributed by atoms with Gasteiger partial charge in [0.1, 0.15) is 0 Å². The first-order valence-corrected chi connectivity index (χ1v) is 3.39. The Morgan fingerprint density at radius 3 is 3.00 bits per heavy atom. The molecule has 0 aromatic heterocycles. The lowest BCUT2D eigenvalue weighted by atomic mass is 10.0. The lowest BCUT2D eigenvalue weighted by Crippen LogP contribution is -2.17. The maximum Gasteiger partial charge on any atom is 0.0262 e. The summed E-state index contributed by atoms with van der Waals surface area (Å²) in [6, 6.07) is 0.197. The normalized spacial score (nSPS) is 23.0. The van der Waals surface area contributed by atoms with E-state index in [1.54, 1.807) is 0 Å². The predicted octanol–water partition coefficient (Wildman–Crippen LogP) is 1.22. The van der Waals surface area contributed by atoms with E-state index in [1.165, 1.54) is 0 Å². The van der Waals surface area contributed by atoms with Crippen LogP contribution in [-0.2, 0) is 0 Å². The third-order valence-corrected chi connectivity index (χ3v) is 1.40. The molecule has 1 unspecified atom stereocenters. The highest BCUT2D eigenvalue weighted by Crippen LogP contribution is 2.07. The fourth-order valence-electron chi connectivity index (χ4n) is 0.874. The lowest BCUT2D eigenvalue weighted by Gasteiger charge is -2.06. The van der Waals surface area contributed by atoms with E-state index in [-0.39, 0.29) is 6.04 Å². The molecule has 0 saturated heterocycles. The second-order valence-corrected chi connectivity index (χ2v) is 2.29. The summed E-state index contributed by atoms with van der Waals surface area (Å²) in [5, 5.41) is 0. The number of hydrogen-bond donors (Lipinski definition) is 1. The fraction of sp³-hybridized carbons (Fsp3) is 0.333. The maximum absolute atomic E-state index is 5.61. The Bertz CT molecular complexity index is 225. The number of allylic oxidation sites excluding steroid dienone is 2. The lowest BCUT2D eigenvalue weighted by molar-refractivity contribution is 0.822. The Kier molecular flexibility index (Phi) is 2.30. The van der Waals surface area contributed by atoms with Gasteiger partial charge < -0.3 is 5.73 Å². The van der Waals surface area contributed by atoms with Crippen LogP contribution in [0.3, 0.4) is 0 Å². The van der Waals surface area contributed by atoms with E-state index >= 15 is 0 Å². The largest absolute Gasteiger partial charge is 0.324 e. The van der Waals surface area contributed by atoms with E-state index in [0.717, 1.165) is 12.0 Å². The van der Waals surface area contributed by atoms with Gasteiger partial charge in [-0.1, -0.05) is 18.1 Å². The monoisotopic (exact) mass is 133 g/mol. The van der Waals surface area contributed by atoms with E-state index in [4.69, 9.17) is 5.73 Å². The van der Waals surface area contributed by atoms with Crippen LogP contribution < -0.4 is 5.73 Å². The van der Waals surface area contributed by atoms with Gasteiger partial charge in [-0.3, -0.25) is 0 Å². The Labute approximate surface area is 61.6 Å². The van der Waals surface area contributed by atoms with Crippen molar-refractivity contribution in [1.82, 2.24) is 0 Å². The SMILES string of the molecule is CC#CC1=CCC(N)C=C1. The zero-order valence-electron chi connectivity index (χ0n) is 6.09. The molecule has 10 heavy (non-hydrogen) atoms. The van der Waals surface area contributed by atoms with Gasteiger partial charge in [-0.2, -0.15) is 0 Å². The zero-order chi connectivity index (χ0) is 7.40. The molecule has 0 spiro atoms. The summed E-state index contributed by atoms with van der Waals surface area (Å²) in [6.07, 6.45) is 6.95. The molecule has 0 bridgehead atoms. The van der Waals surface area contributed by atoms with Crippen LogP contribution in [-0.4, -0.2) is 6.04 Å². The Balaban J connectivity index is 2.64. The smallest absolute Gasteiger partial charge is 0.0262 e. The van der Waals surface area contributed by atoms with Crippen molar-refractivity contribution in [3.63, 3.8) is 0 Å². The van der Waals surface area contributed by atoms with Gasteiger partial charge in [0.2, 0.25) is 0 Å². The molecular formula is C9H11N. The van der Waals surface area contributed by atoms with Crippen molar-refractivity contribution in [2.45, 2.75) is 19.4 Å². The topological polar surface area (TPSA) is 26.0 Å². The molecule has 0 aliphatic heterocycles. The highest BCUT2D eigenvalue weighted by molar-refractivity contribution is 5.40. The molecule has 0 heterocycles. The summed E-state index contributed by atoms with van der Waals surface area (Å²) in [6.45, 7) is 1.84. The molecule has 1 nitrogen and oxygen atoms in total. The van der Waals surface area contributed by atoms with Gasteiger partial charge in [-0.25, -0.2) is 0 Å². The van der Waals surface area contributed by atoms with Crippen LogP contribution in [0.2, 0.25) is 0 Å². The summed E-state index contributed by atoms with van der Waals surface area (Å²) in [7, 11) is 0. The van der Waals surface area contributed by atoms with Crippen molar-refractivity contribution in [1.29, 1.82) is 0 Å². The molecule has 1 aliphatic rings. The molecule has 0 saturated carbocycles. The average molecular weight is 133 g/mol. The van der Waals surface area contributed by atoms with Crippen molar-refractivity contribution in [3.8, 4) is 11.8 Å². The zero-order valence-corrected chi connectivity index (χ0v) is 6.09. The molecule has 0 aromatic carbocycles. The minimum Gasteiger partial charge on any atom is -0.324 e.